The number of nitrogens with one attached hydrogen (secondary N) is 1. The first kappa shape index (κ1) is 11.8. The Morgan fingerprint density at radius 3 is 2.56 bits per heavy atom. The van der Waals surface area contributed by atoms with Gasteiger partial charge in [-0.1, -0.05) is 0 Å². The molecule has 0 saturated carbocycles. The fourth-order valence-corrected chi connectivity index (χ4v) is 3.40. The van der Waals surface area contributed by atoms with Crippen LogP contribution in [0, 0.1) is 0 Å². The SMILES string of the molecule is CC1(C)NC(=O)CN(C2CCSCC2)C1=O. The molecule has 0 radical (unpaired) electrons. The standard InChI is InChI=1S/C11H18N2O2S/c1-11(2)10(15)13(7-9(14)12-11)8-3-5-16-6-4-8/h8H,3-7H2,1-2H3,(H,12,14). The third-order valence-electron chi connectivity index (χ3n) is 3.19. The summed E-state index contributed by atoms with van der Waals surface area (Å²) in [5.74, 6) is 2.21. The molecule has 2 aliphatic heterocycles. The summed E-state index contributed by atoms with van der Waals surface area (Å²) >= 11 is 1.93. The van der Waals surface area contributed by atoms with Crippen molar-refractivity contribution in [3.63, 3.8) is 0 Å². The molecule has 1 N–H and O–H groups in total. The molecule has 2 saturated heterocycles. The Balaban J connectivity index is 2.12. The van der Waals surface area contributed by atoms with Crippen molar-refractivity contribution in [1.29, 1.82) is 0 Å². The van der Waals surface area contributed by atoms with E-state index in [0.29, 0.717) is 0 Å². The number of hydrogen-bond acceptors (Lipinski definition) is 3. The van der Waals surface area contributed by atoms with Crippen molar-refractivity contribution in [2.24, 2.45) is 0 Å². The summed E-state index contributed by atoms with van der Waals surface area (Å²) < 4.78 is 0. The van der Waals surface area contributed by atoms with Crippen molar-refractivity contribution in [2.75, 3.05) is 18.1 Å². The van der Waals surface area contributed by atoms with Gasteiger partial charge in [0.2, 0.25) is 11.8 Å². The zero-order valence-electron chi connectivity index (χ0n) is 9.78. The first-order valence-corrected chi connectivity index (χ1v) is 6.86. The van der Waals surface area contributed by atoms with E-state index in [2.05, 4.69) is 5.32 Å². The summed E-state index contributed by atoms with van der Waals surface area (Å²) in [6.07, 6.45) is 2.03. The number of amides is 2. The average Bonchev–Trinajstić information content (AvgIpc) is 2.24. The molecule has 0 aromatic carbocycles. The zero-order chi connectivity index (χ0) is 11.8. The van der Waals surface area contributed by atoms with E-state index < -0.39 is 5.54 Å². The largest absolute Gasteiger partial charge is 0.341 e. The maximum absolute atomic E-state index is 12.2. The third kappa shape index (κ3) is 2.19. The third-order valence-corrected chi connectivity index (χ3v) is 4.24. The van der Waals surface area contributed by atoms with Crippen molar-refractivity contribution in [1.82, 2.24) is 10.2 Å². The number of thioether (sulfide) groups is 1. The molecule has 4 nitrogen and oxygen atoms in total. The van der Waals surface area contributed by atoms with Gasteiger partial charge in [0, 0.05) is 6.04 Å². The molecule has 0 aromatic heterocycles. The van der Waals surface area contributed by atoms with Crippen molar-refractivity contribution in [3.8, 4) is 0 Å². The van der Waals surface area contributed by atoms with Gasteiger partial charge in [0.1, 0.15) is 5.54 Å². The summed E-state index contributed by atoms with van der Waals surface area (Å²) in [7, 11) is 0. The van der Waals surface area contributed by atoms with E-state index in [0.717, 1.165) is 24.3 Å². The molecule has 90 valence electrons. The van der Waals surface area contributed by atoms with Crippen LogP contribution in [-0.4, -0.2) is 46.3 Å². The van der Waals surface area contributed by atoms with E-state index in [1.165, 1.54) is 0 Å². The molecule has 0 bridgehead atoms. The molecule has 2 amide bonds. The quantitative estimate of drug-likeness (QED) is 0.733. The van der Waals surface area contributed by atoms with Crippen LogP contribution in [0.15, 0.2) is 0 Å². The topological polar surface area (TPSA) is 49.4 Å². The second kappa shape index (κ2) is 4.28. The van der Waals surface area contributed by atoms with Gasteiger partial charge < -0.3 is 10.2 Å². The van der Waals surface area contributed by atoms with Gasteiger partial charge in [-0.05, 0) is 38.2 Å². The smallest absolute Gasteiger partial charge is 0.248 e. The summed E-state index contributed by atoms with van der Waals surface area (Å²) in [4.78, 5) is 25.5. The van der Waals surface area contributed by atoms with Crippen LogP contribution in [0.1, 0.15) is 26.7 Å². The summed E-state index contributed by atoms with van der Waals surface area (Å²) in [5.41, 5.74) is -0.736. The Hall–Kier alpha value is -0.710. The van der Waals surface area contributed by atoms with Crippen molar-refractivity contribution in [2.45, 2.75) is 38.3 Å². The van der Waals surface area contributed by atoms with Gasteiger partial charge >= 0.3 is 0 Å². The fraction of sp³-hybridized carbons (Fsp3) is 0.818. The number of hydrogen-bond donors (Lipinski definition) is 1. The number of nitrogens with zero attached hydrogens (tertiary/aromatic N) is 1. The van der Waals surface area contributed by atoms with E-state index >= 15 is 0 Å². The predicted molar refractivity (Wildman–Crippen MR) is 64.3 cm³/mol. The lowest BCUT2D eigenvalue weighted by Gasteiger charge is -2.42. The first-order chi connectivity index (χ1) is 7.50. The molecule has 0 aromatic rings. The summed E-state index contributed by atoms with van der Waals surface area (Å²) in [6, 6.07) is 0.263. The molecule has 5 heteroatoms. The van der Waals surface area contributed by atoms with Crippen LogP contribution in [-0.2, 0) is 9.59 Å². The van der Waals surface area contributed by atoms with Gasteiger partial charge in [-0.15, -0.1) is 0 Å². The minimum Gasteiger partial charge on any atom is -0.341 e. The second-order valence-electron chi connectivity index (χ2n) is 4.95. The van der Waals surface area contributed by atoms with E-state index in [9.17, 15) is 9.59 Å². The lowest BCUT2D eigenvalue weighted by Crippen LogP contribution is -2.66. The van der Waals surface area contributed by atoms with Crippen molar-refractivity contribution in [3.05, 3.63) is 0 Å². The highest BCUT2D eigenvalue weighted by atomic mass is 32.2. The second-order valence-corrected chi connectivity index (χ2v) is 6.17. The fourth-order valence-electron chi connectivity index (χ4n) is 2.32. The van der Waals surface area contributed by atoms with Gasteiger partial charge in [-0.2, -0.15) is 11.8 Å². The van der Waals surface area contributed by atoms with E-state index in [4.69, 9.17) is 0 Å². The van der Waals surface area contributed by atoms with Crippen LogP contribution >= 0.6 is 11.8 Å². The number of carbonyl (C=O) groups is 2. The predicted octanol–water partition coefficient (Wildman–Crippen LogP) is 0.619. The Labute approximate surface area is 100 Å². The highest BCUT2D eigenvalue weighted by Crippen LogP contribution is 2.25. The van der Waals surface area contributed by atoms with Crippen LogP contribution in [0.2, 0.25) is 0 Å². The van der Waals surface area contributed by atoms with E-state index in [1.54, 1.807) is 18.7 Å². The van der Waals surface area contributed by atoms with Crippen molar-refractivity contribution < 1.29 is 9.59 Å². The lowest BCUT2D eigenvalue weighted by atomic mass is 9.97. The molecule has 0 aliphatic carbocycles. The number of piperazine rings is 1. The summed E-state index contributed by atoms with van der Waals surface area (Å²) in [5, 5.41) is 2.74. The van der Waals surface area contributed by atoms with E-state index in [-0.39, 0.29) is 24.4 Å². The minimum atomic E-state index is -0.736. The maximum atomic E-state index is 12.2. The van der Waals surface area contributed by atoms with Crippen LogP contribution in [0.25, 0.3) is 0 Å². The monoisotopic (exact) mass is 242 g/mol. The van der Waals surface area contributed by atoms with Crippen LogP contribution in [0.4, 0.5) is 0 Å². The highest BCUT2D eigenvalue weighted by molar-refractivity contribution is 7.99. The lowest BCUT2D eigenvalue weighted by molar-refractivity contribution is -0.151. The normalized spacial score (nSPS) is 26.8. The van der Waals surface area contributed by atoms with Crippen LogP contribution in [0.3, 0.4) is 0 Å². The van der Waals surface area contributed by atoms with Gasteiger partial charge in [-0.25, -0.2) is 0 Å². The average molecular weight is 242 g/mol. The number of carbonyl (C=O) groups excluding carboxylic acids is 2. The summed E-state index contributed by atoms with van der Waals surface area (Å²) in [6.45, 7) is 3.78. The van der Waals surface area contributed by atoms with Gasteiger partial charge in [0.15, 0.2) is 0 Å². The maximum Gasteiger partial charge on any atom is 0.248 e. The van der Waals surface area contributed by atoms with Gasteiger partial charge in [0.05, 0.1) is 6.54 Å². The Morgan fingerprint density at radius 1 is 1.31 bits per heavy atom. The molecular formula is C11H18N2O2S. The molecule has 0 unspecified atom stereocenters. The van der Waals surface area contributed by atoms with E-state index in [1.807, 2.05) is 11.8 Å². The molecule has 16 heavy (non-hydrogen) atoms. The van der Waals surface area contributed by atoms with Gasteiger partial charge in [0.25, 0.3) is 0 Å². The highest BCUT2D eigenvalue weighted by Gasteiger charge is 2.41. The van der Waals surface area contributed by atoms with Crippen LogP contribution < -0.4 is 5.32 Å². The molecule has 0 atom stereocenters. The van der Waals surface area contributed by atoms with Gasteiger partial charge in [-0.3, -0.25) is 9.59 Å². The Kier molecular flexibility index (Phi) is 3.15. The Bertz CT molecular complexity index is 311. The molecule has 2 heterocycles. The number of rotatable bonds is 1. The molecule has 0 spiro atoms. The zero-order valence-corrected chi connectivity index (χ0v) is 10.6. The van der Waals surface area contributed by atoms with Crippen molar-refractivity contribution >= 4 is 23.6 Å². The minimum absolute atomic E-state index is 0.0390. The molecule has 2 aliphatic rings. The molecule has 2 fully saturated rings. The van der Waals surface area contributed by atoms with Crippen LogP contribution in [0.5, 0.6) is 0 Å². The molecular weight excluding hydrogens is 224 g/mol. The first-order valence-electron chi connectivity index (χ1n) is 5.70. The molecule has 2 rings (SSSR count). The Morgan fingerprint density at radius 2 is 1.94 bits per heavy atom.